The molecule has 0 amide bonds. The molecule has 1 aromatic rings. The number of methoxy groups -OCH3 is 1. The summed E-state index contributed by atoms with van der Waals surface area (Å²) in [6.07, 6.45) is 4.74. The van der Waals surface area contributed by atoms with Crippen molar-refractivity contribution in [1.29, 1.82) is 0 Å². The highest BCUT2D eigenvalue weighted by Crippen LogP contribution is 2.28. The van der Waals surface area contributed by atoms with Gasteiger partial charge in [0.15, 0.2) is 0 Å². The van der Waals surface area contributed by atoms with Gasteiger partial charge in [-0.1, -0.05) is 24.3 Å². The Morgan fingerprint density at radius 1 is 1.30 bits per heavy atom. The summed E-state index contributed by atoms with van der Waals surface area (Å²) < 4.78 is 4.92. The van der Waals surface area contributed by atoms with Crippen molar-refractivity contribution < 1.29 is 14.6 Å². The number of esters is 1. The lowest BCUT2D eigenvalue weighted by Crippen LogP contribution is -2.27. The van der Waals surface area contributed by atoms with Crippen molar-refractivity contribution in [2.24, 2.45) is 5.92 Å². The molecule has 0 bridgehead atoms. The summed E-state index contributed by atoms with van der Waals surface area (Å²) >= 11 is 0. The molecule has 0 fully saturated rings. The first-order valence-electron chi connectivity index (χ1n) is 7.39. The fraction of sp³-hybridized carbons (Fsp3) is 0.588. The lowest BCUT2D eigenvalue weighted by Gasteiger charge is -2.27. The summed E-state index contributed by atoms with van der Waals surface area (Å²) in [5.41, 5.74) is 1.80. The van der Waals surface area contributed by atoms with Crippen LogP contribution in [0, 0.1) is 5.92 Å². The first kappa shape index (κ1) is 15.0. The normalized spacial score (nSPS) is 27.4. The minimum Gasteiger partial charge on any atom is -0.469 e. The molecule has 110 valence electrons. The van der Waals surface area contributed by atoms with E-state index in [9.17, 15) is 9.90 Å². The fourth-order valence-electron chi connectivity index (χ4n) is 2.99. The first-order chi connectivity index (χ1) is 9.52. The van der Waals surface area contributed by atoms with E-state index in [0.29, 0.717) is 0 Å². The van der Waals surface area contributed by atoms with Crippen LogP contribution in [0.2, 0.25) is 0 Å². The predicted molar refractivity (Wildman–Crippen MR) is 78.4 cm³/mol. The molecule has 1 aliphatic carbocycles. The highest BCUT2D eigenvalue weighted by Gasteiger charge is 2.26. The largest absolute Gasteiger partial charge is 0.469 e. The molecular weight excluding hydrogens is 252 g/mol. The van der Waals surface area contributed by atoms with Gasteiger partial charge in [0.05, 0.1) is 18.6 Å². The molecule has 1 N–H and O–H groups in total. The van der Waals surface area contributed by atoms with Gasteiger partial charge in [0, 0.05) is 0 Å². The van der Waals surface area contributed by atoms with Gasteiger partial charge in [-0.15, -0.1) is 0 Å². The van der Waals surface area contributed by atoms with E-state index < -0.39 is 5.60 Å². The van der Waals surface area contributed by atoms with Crippen LogP contribution in [-0.2, 0) is 22.4 Å². The summed E-state index contributed by atoms with van der Waals surface area (Å²) in [5, 5.41) is 10.4. The summed E-state index contributed by atoms with van der Waals surface area (Å²) in [4.78, 5) is 11.9. The van der Waals surface area contributed by atoms with E-state index in [1.807, 2.05) is 19.1 Å². The second-order valence-corrected chi connectivity index (χ2v) is 6.08. The number of aryl methyl sites for hydroxylation is 1. The maximum absolute atomic E-state index is 11.9. The van der Waals surface area contributed by atoms with Gasteiger partial charge in [0.1, 0.15) is 0 Å². The average molecular weight is 276 g/mol. The topological polar surface area (TPSA) is 46.5 Å². The van der Waals surface area contributed by atoms with Crippen molar-refractivity contribution in [2.45, 2.75) is 51.0 Å². The average Bonchev–Trinajstić information content (AvgIpc) is 2.44. The van der Waals surface area contributed by atoms with Crippen LogP contribution in [0.1, 0.15) is 43.7 Å². The minimum absolute atomic E-state index is 0.102. The van der Waals surface area contributed by atoms with E-state index in [2.05, 4.69) is 12.1 Å². The molecule has 3 nitrogen and oxygen atoms in total. The number of hydrogen-bond acceptors (Lipinski definition) is 3. The summed E-state index contributed by atoms with van der Waals surface area (Å²) in [6, 6.07) is 8.21. The third kappa shape index (κ3) is 3.83. The Morgan fingerprint density at radius 2 is 2.00 bits per heavy atom. The molecular formula is C17H24O3. The molecule has 2 atom stereocenters. The number of carbonyl (C=O) groups is 1. The summed E-state index contributed by atoms with van der Waals surface area (Å²) in [6.45, 7) is 1.89. The Kier molecular flexibility index (Phi) is 4.81. The summed E-state index contributed by atoms with van der Waals surface area (Å²) in [7, 11) is 1.45. The van der Waals surface area contributed by atoms with E-state index in [4.69, 9.17) is 4.74 Å². The molecule has 0 spiro atoms. The smallest absolute Gasteiger partial charge is 0.308 e. The van der Waals surface area contributed by atoms with Crippen molar-refractivity contribution in [3.63, 3.8) is 0 Å². The number of benzene rings is 1. The third-order valence-electron chi connectivity index (χ3n) is 4.32. The van der Waals surface area contributed by atoms with Crippen LogP contribution in [0.4, 0.5) is 0 Å². The molecule has 3 heteroatoms. The molecule has 0 heterocycles. The Morgan fingerprint density at radius 3 is 2.70 bits per heavy atom. The van der Waals surface area contributed by atoms with Gasteiger partial charge in [-0.25, -0.2) is 0 Å². The molecule has 2 rings (SSSR count). The fourth-order valence-corrected chi connectivity index (χ4v) is 2.99. The third-order valence-corrected chi connectivity index (χ3v) is 4.32. The molecule has 1 aromatic carbocycles. The van der Waals surface area contributed by atoms with Crippen LogP contribution in [0.15, 0.2) is 24.3 Å². The summed E-state index contributed by atoms with van der Waals surface area (Å²) in [5.74, 6) is -0.241. The quantitative estimate of drug-likeness (QED) is 0.802. The van der Waals surface area contributed by atoms with Crippen LogP contribution in [0.5, 0.6) is 0 Å². The maximum Gasteiger partial charge on any atom is 0.308 e. The molecule has 20 heavy (non-hydrogen) atoms. The van der Waals surface area contributed by atoms with E-state index in [-0.39, 0.29) is 11.9 Å². The minimum atomic E-state index is -0.648. The van der Waals surface area contributed by atoms with Crippen molar-refractivity contribution >= 4 is 5.97 Å². The van der Waals surface area contributed by atoms with Crippen LogP contribution < -0.4 is 0 Å². The monoisotopic (exact) mass is 276 g/mol. The van der Waals surface area contributed by atoms with Crippen LogP contribution in [0.25, 0.3) is 0 Å². The van der Waals surface area contributed by atoms with Crippen molar-refractivity contribution in [1.82, 2.24) is 0 Å². The number of ether oxygens (including phenoxy) is 1. The molecule has 0 radical (unpaired) electrons. The zero-order valence-electron chi connectivity index (χ0n) is 12.4. The maximum atomic E-state index is 11.9. The standard InChI is InChI=1S/C17H24O3/c1-17(19)10-5-8-15(16(18)20-2)12-14-7-4-3-6-13(14)9-11-17/h3-4,6-7,15,19H,5,8-12H2,1-2H3/t15?,17-/m0/s1. The van der Waals surface area contributed by atoms with E-state index in [0.717, 1.165) is 38.5 Å². The van der Waals surface area contributed by atoms with Crippen LogP contribution in [0.3, 0.4) is 0 Å². The Labute approximate surface area is 121 Å². The first-order valence-corrected chi connectivity index (χ1v) is 7.39. The van der Waals surface area contributed by atoms with Crippen LogP contribution >= 0.6 is 0 Å². The zero-order chi connectivity index (χ0) is 14.6. The molecule has 0 aliphatic heterocycles. The molecule has 0 aromatic heterocycles. The molecule has 1 aliphatic rings. The molecule has 1 unspecified atom stereocenters. The van der Waals surface area contributed by atoms with Gasteiger partial charge in [0.25, 0.3) is 0 Å². The number of aliphatic hydroxyl groups is 1. The highest BCUT2D eigenvalue weighted by molar-refractivity contribution is 5.72. The number of carbonyl (C=O) groups excluding carboxylic acids is 1. The SMILES string of the molecule is COC(=O)C1CCC[C@](C)(O)CCc2ccccc2C1. The van der Waals surface area contributed by atoms with Crippen LogP contribution in [-0.4, -0.2) is 23.8 Å². The lowest BCUT2D eigenvalue weighted by atomic mass is 9.83. The van der Waals surface area contributed by atoms with E-state index in [1.165, 1.54) is 18.2 Å². The highest BCUT2D eigenvalue weighted by atomic mass is 16.5. The number of fused-ring (bicyclic) bond motifs is 1. The van der Waals surface area contributed by atoms with E-state index >= 15 is 0 Å². The Bertz CT molecular complexity index is 465. The molecule has 0 saturated heterocycles. The number of rotatable bonds is 1. The Balaban J connectivity index is 2.26. The van der Waals surface area contributed by atoms with Gasteiger partial charge in [-0.05, 0) is 56.6 Å². The van der Waals surface area contributed by atoms with Gasteiger partial charge >= 0.3 is 5.97 Å². The Hall–Kier alpha value is -1.35. The van der Waals surface area contributed by atoms with Gasteiger partial charge in [0.2, 0.25) is 0 Å². The second-order valence-electron chi connectivity index (χ2n) is 6.08. The van der Waals surface area contributed by atoms with E-state index in [1.54, 1.807) is 0 Å². The van der Waals surface area contributed by atoms with Gasteiger partial charge in [-0.2, -0.15) is 0 Å². The second kappa shape index (κ2) is 6.40. The molecule has 0 saturated carbocycles. The van der Waals surface area contributed by atoms with Crippen molar-refractivity contribution in [3.05, 3.63) is 35.4 Å². The van der Waals surface area contributed by atoms with Crippen molar-refractivity contribution in [3.8, 4) is 0 Å². The zero-order valence-corrected chi connectivity index (χ0v) is 12.4. The van der Waals surface area contributed by atoms with Gasteiger partial charge in [-0.3, -0.25) is 4.79 Å². The van der Waals surface area contributed by atoms with Gasteiger partial charge < -0.3 is 9.84 Å². The lowest BCUT2D eigenvalue weighted by molar-refractivity contribution is -0.145. The predicted octanol–water partition coefficient (Wildman–Crippen LogP) is 2.89. The number of hydrogen-bond donors (Lipinski definition) is 1. The van der Waals surface area contributed by atoms with Crippen molar-refractivity contribution in [2.75, 3.05) is 7.11 Å².